The van der Waals surface area contributed by atoms with E-state index in [0.717, 1.165) is 38.9 Å². The Morgan fingerprint density at radius 3 is 2.67 bits per heavy atom. The van der Waals surface area contributed by atoms with Crippen LogP contribution in [0, 0.1) is 5.41 Å². The molecule has 1 aliphatic rings. The summed E-state index contributed by atoms with van der Waals surface area (Å²) < 4.78 is 4.94. The molecule has 1 fully saturated rings. The lowest BCUT2D eigenvalue weighted by Gasteiger charge is -2.38. The predicted molar refractivity (Wildman–Crippen MR) is 72.3 cm³/mol. The number of nitrogens with one attached hydrogen (secondary N) is 1. The molecule has 0 aromatic carbocycles. The molecule has 1 heterocycles. The minimum Gasteiger partial charge on any atom is -0.385 e. The molecule has 1 saturated heterocycles. The van der Waals surface area contributed by atoms with Gasteiger partial charge < -0.3 is 15.8 Å². The van der Waals surface area contributed by atoms with Crippen molar-refractivity contribution in [3.8, 4) is 0 Å². The van der Waals surface area contributed by atoms with Crippen molar-refractivity contribution in [2.24, 2.45) is 11.1 Å². The van der Waals surface area contributed by atoms with Crippen LogP contribution in [0.15, 0.2) is 0 Å². The van der Waals surface area contributed by atoms with Gasteiger partial charge in [0.15, 0.2) is 0 Å². The minimum atomic E-state index is 0.113. The van der Waals surface area contributed by atoms with Crippen LogP contribution < -0.4 is 11.1 Å². The first-order valence-corrected chi connectivity index (χ1v) is 6.78. The number of likely N-dealkylation sites (tertiary alicyclic amines) is 1. The Kier molecular flexibility index (Phi) is 6.60. The Morgan fingerprint density at radius 1 is 1.44 bits per heavy atom. The standard InChI is InChI=1S/C13H27N3O2/c1-13(11-14)4-7-16(8-5-13)10-12(17)15-6-3-9-18-2/h3-11,14H2,1-2H3,(H,15,17). The van der Waals surface area contributed by atoms with E-state index in [1.165, 1.54) is 0 Å². The summed E-state index contributed by atoms with van der Waals surface area (Å²) >= 11 is 0. The van der Waals surface area contributed by atoms with Crippen molar-refractivity contribution in [2.45, 2.75) is 26.2 Å². The molecule has 1 rings (SSSR count). The van der Waals surface area contributed by atoms with E-state index < -0.39 is 0 Å². The van der Waals surface area contributed by atoms with E-state index in [2.05, 4.69) is 17.1 Å². The van der Waals surface area contributed by atoms with Crippen LogP contribution in [0.4, 0.5) is 0 Å². The van der Waals surface area contributed by atoms with Crippen LogP contribution in [0.25, 0.3) is 0 Å². The van der Waals surface area contributed by atoms with Gasteiger partial charge in [0, 0.05) is 20.3 Å². The van der Waals surface area contributed by atoms with Gasteiger partial charge in [-0.05, 0) is 44.3 Å². The first-order valence-electron chi connectivity index (χ1n) is 6.78. The van der Waals surface area contributed by atoms with Gasteiger partial charge in [0.2, 0.25) is 5.91 Å². The van der Waals surface area contributed by atoms with Crippen molar-refractivity contribution in [1.82, 2.24) is 10.2 Å². The number of hydrogen-bond acceptors (Lipinski definition) is 4. The normalized spacial score (nSPS) is 19.7. The number of piperidine rings is 1. The number of carbonyl (C=O) groups excluding carboxylic acids is 1. The average Bonchev–Trinajstić information content (AvgIpc) is 2.38. The second-order valence-electron chi connectivity index (χ2n) is 5.49. The summed E-state index contributed by atoms with van der Waals surface area (Å²) in [6, 6.07) is 0. The fourth-order valence-electron chi connectivity index (χ4n) is 2.16. The number of nitrogens with two attached hydrogens (primary N) is 1. The van der Waals surface area contributed by atoms with Crippen LogP contribution in [0.5, 0.6) is 0 Å². The molecular formula is C13H27N3O2. The lowest BCUT2D eigenvalue weighted by Crippen LogP contribution is -2.46. The zero-order valence-corrected chi connectivity index (χ0v) is 11.7. The van der Waals surface area contributed by atoms with Crippen molar-refractivity contribution in [2.75, 3.05) is 46.4 Å². The lowest BCUT2D eigenvalue weighted by atomic mass is 9.80. The number of methoxy groups -OCH3 is 1. The third kappa shape index (κ3) is 5.33. The Hall–Kier alpha value is -0.650. The maximum atomic E-state index is 11.7. The van der Waals surface area contributed by atoms with Crippen LogP contribution in [0.3, 0.4) is 0 Å². The van der Waals surface area contributed by atoms with E-state index >= 15 is 0 Å². The summed E-state index contributed by atoms with van der Waals surface area (Å²) in [7, 11) is 1.67. The molecule has 5 heteroatoms. The fourth-order valence-corrected chi connectivity index (χ4v) is 2.16. The van der Waals surface area contributed by atoms with Crippen molar-refractivity contribution in [3.63, 3.8) is 0 Å². The Morgan fingerprint density at radius 2 is 2.11 bits per heavy atom. The SMILES string of the molecule is COCCCNC(=O)CN1CCC(C)(CN)CC1. The lowest BCUT2D eigenvalue weighted by molar-refractivity contribution is -0.122. The molecule has 0 radical (unpaired) electrons. The van der Waals surface area contributed by atoms with Gasteiger partial charge in [0.05, 0.1) is 6.54 Å². The molecule has 0 aromatic rings. The monoisotopic (exact) mass is 257 g/mol. The predicted octanol–water partition coefficient (Wildman–Crippen LogP) is 0.200. The number of ether oxygens (including phenoxy) is 1. The molecule has 1 aliphatic heterocycles. The van der Waals surface area contributed by atoms with E-state index in [9.17, 15) is 4.79 Å². The maximum absolute atomic E-state index is 11.7. The number of amides is 1. The summed E-state index contributed by atoms with van der Waals surface area (Å²) in [5.74, 6) is 0.113. The summed E-state index contributed by atoms with van der Waals surface area (Å²) in [4.78, 5) is 13.9. The molecule has 0 unspecified atom stereocenters. The van der Waals surface area contributed by atoms with Crippen LogP contribution in [0.2, 0.25) is 0 Å². The number of rotatable bonds is 7. The second-order valence-corrected chi connectivity index (χ2v) is 5.49. The Labute approximate surface area is 110 Å². The van der Waals surface area contributed by atoms with Gasteiger partial charge >= 0.3 is 0 Å². The van der Waals surface area contributed by atoms with Gasteiger partial charge in [0.25, 0.3) is 0 Å². The quantitative estimate of drug-likeness (QED) is 0.639. The number of hydrogen-bond donors (Lipinski definition) is 2. The van der Waals surface area contributed by atoms with Gasteiger partial charge in [-0.25, -0.2) is 0 Å². The Balaban J connectivity index is 2.14. The third-order valence-corrected chi connectivity index (χ3v) is 3.77. The largest absolute Gasteiger partial charge is 0.385 e. The maximum Gasteiger partial charge on any atom is 0.234 e. The van der Waals surface area contributed by atoms with E-state index in [4.69, 9.17) is 10.5 Å². The molecule has 0 spiro atoms. The summed E-state index contributed by atoms with van der Waals surface area (Å²) in [6.07, 6.45) is 3.04. The zero-order valence-electron chi connectivity index (χ0n) is 11.7. The van der Waals surface area contributed by atoms with E-state index in [1.54, 1.807) is 7.11 Å². The smallest absolute Gasteiger partial charge is 0.234 e. The van der Waals surface area contributed by atoms with Crippen molar-refractivity contribution < 1.29 is 9.53 Å². The van der Waals surface area contributed by atoms with Crippen LogP contribution in [-0.4, -0.2) is 57.2 Å². The van der Waals surface area contributed by atoms with Crippen LogP contribution in [0.1, 0.15) is 26.2 Å². The Bertz CT molecular complexity index is 251. The highest BCUT2D eigenvalue weighted by Crippen LogP contribution is 2.28. The highest BCUT2D eigenvalue weighted by molar-refractivity contribution is 5.77. The van der Waals surface area contributed by atoms with E-state index in [0.29, 0.717) is 19.7 Å². The highest BCUT2D eigenvalue weighted by Gasteiger charge is 2.29. The topological polar surface area (TPSA) is 67.6 Å². The van der Waals surface area contributed by atoms with Crippen molar-refractivity contribution >= 4 is 5.91 Å². The van der Waals surface area contributed by atoms with Gasteiger partial charge in [-0.15, -0.1) is 0 Å². The molecule has 0 bridgehead atoms. The molecule has 106 valence electrons. The molecule has 18 heavy (non-hydrogen) atoms. The fraction of sp³-hybridized carbons (Fsp3) is 0.923. The number of carbonyl (C=O) groups is 1. The molecule has 3 N–H and O–H groups in total. The van der Waals surface area contributed by atoms with Gasteiger partial charge in [-0.1, -0.05) is 6.92 Å². The molecular weight excluding hydrogens is 230 g/mol. The van der Waals surface area contributed by atoms with Gasteiger partial charge in [0.1, 0.15) is 0 Å². The van der Waals surface area contributed by atoms with Crippen LogP contribution >= 0.6 is 0 Å². The first kappa shape index (κ1) is 15.4. The average molecular weight is 257 g/mol. The van der Waals surface area contributed by atoms with Gasteiger partial charge in [-0.2, -0.15) is 0 Å². The summed E-state index contributed by atoms with van der Waals surface area (Å²) in [5.41, 5.74) is 6.04. The first-order chi connectivity index (χ1) is 8.59. The summed E-state index contributed by atoms with van der Waals surface area (Å²) in [5, 5.41) is 2.91. The second kappa shape index (κ2) is 7.71. The molecule has 0 aromatic heterocycles. The third-order valence-electron chi connectivity index (χ3n) is 3.77. The minimum absolute atomic E-state index is 0.113. The number of nitrogens with zero attached hydrogens (tertiary/aromatic N) is 1. The summed E-state index contributed by atoms with van der Waals surface area (Å²) in [6.45, 7) is 6.81. The van der Waals surface area contributed by atoms with Crippen molar-refractivity contribution in [3.05, 3.63) is 0 Å². The highest BCUT2D eigenvalue weighted by atomic mass is 16.5. The zero-order chi connectivity index (χ0) is 13.4. The van der Waals surface area contributed by atoms with Crippen LogP contribution in [-0.2, 0) is 9.53 Å². The van der Waals surface area contributed by atoms with E-state index in [-0.39, 0.29) is 11.3 Å². The van der Waals surface area contributed by atoms with Gasteiger partial charge in [-0.3, -0.25) is 9.69 Å². The molecule has 1 amide bonds. The molecule has 0 atom stereocenters. The van der Waals surface area contributed by atoms with Crippen molar-refractivity contribution in [1.29, 1.82) is 0 Å². The molecule has 0 saturated carbocycles. The van der Waals surface area contributed by atoms with E-state index in [1.807, 2.05) is 0 Å². The molecule has 0 aliphatic carbocycles. The molecule has 5 nitrogen and oxygen atoms in total.